The van der Waals surface area contributed by atoms with Crippen LogP contribution in [0.4, 0.5) is 22.4 Å². The van der Waals surface area contributed by atoms with E-state index < -0.39 is 0 Å². The first-order valence-corrected chi connectivity index (χ1v) is 10.6. The van der Waals surface area contributed by atoms with Gasteiger partial charge in [0.2, 0.25) is 5.95 Å². The van der Waals surface area contributed by atoms with Crippen LogP contribution in [0.25, 0.3) is 0 Å². The summed E-state index contributed by atoms with van der Waals surface area (Å²) >= 11 is 0. The van der Waals surface area contributed by atoms with Crippen LogP contribution in [0, 0.1) is 0 Å². The number of nitrogens with one attached hydrogen (secondary N) is 3. The lowest BCUT2D eigenvalue weighted by Crippen LogP contribution is -2.31. The van der Waals surface area contributed by atoms with Gasteiger partial charge in [-0.05, 0) is 58.9 Å². The van der Waals surface area contributed by atoms with E-state index >= 15 is 0 Å². The van der Waals surface area contributed by atoms with E-state index in [-0.39, 0.29) is 11.7 Å². The number of ether oxygens (including phenoxy) is 1. The zero-order chi connectivity index (χ0) is 21.6. The van der Waals surface area contributed by atoms with Gasteiger partial charge in [-0.3, -0.25) is 5.10 Å². The molecule has 9 heteroatoms. The van der Waals surface area contributed by atoms with Crippen molar-refractivity contribution in [3.8, 4) is 0 Å². The van der Waals surface area contributed by atoms with Gasteiger partial charge in [-0.25, -0.2) is 9.78 Å². The normalized spacial score (nSPS) is 16.3. The van der Waals surface area contributed by atoms with Crippen LogP contribution in [-0.4, -0.2) is 52.0 Å². The predicted molar refractivity (Wildman–Crippen MR) is 117 cm³/mol. The zero-order valence-electron chi connectivity index (χ0n) is 18.4. The Bertz CT molecular complexity index is 821. The summed E-state index contributed by atoms with van der Waals surface area (Å²) in [6.45, 7) is 7.57. The Morgan fingerprint density at radius 3 is 2.53 bits per heavy atom. The van der Waals surface area contributed by atoms with Crippen molar-refractivity contribution in [2.75, 3.05) is 30.4 Å². The lowest BCUT2D eigenvalue weighted by Gasteiger charge is -2.26. The minimum atomic E-state index is -0.389. The maximum absolute atomic E-state index is 10.5. The van der Waals surface area contributed by atoms with Crippen LogP contribution in [0.5, 0.6) is 0 Å². The fourth-order valence-corrected chi connectivity index (χ4v) is 3.13. The summed E-state index contributed by atoms with van der Waals surface area (Å²) in [7, 11) is 1.54. The summed E-state index contributed by atoms with van der Waals surface area (Å²) in [6.07, 6.45) is 7.74. The van der Waals surface area contributed by atoms with Crippen LogP contribution in [0.15, 0.2) is 18.3 Å². The molecule has 2 aliphatic rings. The summed E-state index contributed by atoms with van der Waals surface area (Å²) in [5.74, 6) is 3.14. The molecule has 0 spiro atoms. The van der Waals surface area contributed by atoms with E-state index in [2.05, 4.69) is 41.8 Å². The van der Waals surface area contributed by atoms with E-state index in [9.17, 15) is 4.79 Å². The maximum atomic E-state index is 10.5. The first-order chi connectivity index (χ1) is 14.3. The molecule has 2 fully saturated rings. The number of rotatable bonds is 4. The lowest BCUT2D eigenvalue weighted by molar-refractivity contribution is 0.0541. The van der Waals surface area contributed by atoms with E-state index in [0.717, 1.165) is 30.7 Å². The van der Waals surface area contributed by atoms with Crippen molar-refractivity contribution >= 4 is 23.7 Å². The molecule has 0 aromatic carbocycles. The average molecular weight is 416 g/mol. The maximum Gasteiger partial charge on any atom is 0.407 e. The molecule has 0 radical (unpaired) electrons. The molecule has 1 saturated carbocycles. The molecule has 2 aromatic heterocycles. The summed E-state index contributed by atoms with van der Waals surface area (Å²) in [5, 5.41) is 13.0. The Hall–Kier alpha value is -2.84. The molecule has 1 aliphatic heterocycles. The van der Waals surface area contributed by atoms with Gasteiger partial charge in [-0.15, -0.1) is 0 Å². The molecule has 9 nitrogen and oxygen atoms in total. The molecule has 30 heavy (non-hydrogen) atoms. The van der Waals surface area contributed by atoms with E-state index in [1.165, 1.54) is 44.8 Å². The molecule has 0 atom stereocenters. The van der Waals surface area contributed by atoms with Gasteiger partial charge in [0, 0.05) is 44.0 Å². The fraction of sp³-hybridized carbons (Fsp3) is 0.619. The van der Waals surface area contributed by atoms with Crippen LogP contribution in [-0.2, 0) is 4.74 Å². The van der Waals surface area contributed by atoms with Gasteiger partial charge in [0.15, 0.2) is 5.82 Å². The standard InChI is InChI=1S/C15H20N6.C6H13NO2/c1-2-8-21(9-3-1)15-16-7-6-13(18-15)17-14-10-12(19-20-14)11-4-5-11;1-6(2,3)9-5(8)7-4/h6-7,10-11H,1-5,8-9H2,(H2,16,17,18,19,20);1-4H3,(H,7,8). The molecular formula is C21H33N7O2. The lowest BCUT2D eigenvalue weighted by atomic mass is 10.1. The fourth-order valence-electron chi connectivity index (χ4n) is 3.13. The number of piperidine rings is 1. The Balaban J connectivity index is 0.000000244. The predicted octanol–water partition coefficient (Wildman–Crippen LogP) is 3.95. The quantitative estimate of drug-likeness (QED) is 0.694. The van der Waals surface area contributed by atoms with E-state index in [1.807, 2.05) is 33.0 Å². The van der Waals surface area contributed by atoms with Crippen LogP contribution in [0.3, 0.4) is 0 Å². The second-order valence-corrected chi connectivity index (χ2v) is 8.65. The highest BCUT2D eigenvalue weighted by atomic mass is 16.6. The molecule has 2 aromatic rings. The number of aromatic amines is 1. The molecule has 1 aliphatic carbocycles. The second kappa shape index (κ2) is 9.77. The average Bonchev–Trinajstić information content (AvgIpc) is 3.47. The number of carbonyl (C=O) groups is 1. The van der Waals surface area contributed by atoms with Crippen LogP contribution in [0.1, 0.15) is 64.5 Å². The third kappa shape index (κ3) is 6.89. The molecule has 4 rings (SSSR count). The van der Waals surface area contributed by atoms with Gasteiger partial charge in [-0.2, -0.15) is 10.1 Å². The van der Waals surface area contributed by atoms with Crippen molar-refractivity contribution in [3.63, 3.8) is 0 Å². The minimum Gasteiger partial charge on any atom is -0.444 e. The van der Waals surface area contributed by atoms with Gasteiger partial charge in [-0.1, -0.05) is 0 Å². The number of hydrogen-bond acceptors (Lipinski definition) is 7. The molecule has 3 N–H and O–H groups in total. The van der Waals surface area contributed by atoms with Gasteiger partial charge >= 0.3 is 6.09 Å². The van der Waals surface area contributed by atoms with Crippen molar-refractivity contribution in [1.82, 2.24) is 25.5 Å². The third-order valence-corrected chi connectivity index (χ3v) is 4.76. The van der Waals surface area contributed by atoms with Gasteiger partial charge in [0.1, 0.15) is 11.4 Å². The summed E-state index contributed by atoms with van der Waals surface area (Å²) in [5.41, 5.74) is 0.836. The van der Waals surface area contributed by atoms with E-state index in [4.69, 9.17) is 4.74 Å². The number of anilines is 3. The Morgan fingerprint density at radius 2 is 1.93 bits per heavy atom. The molecule has 164 valence electrons. The highest BCUT2D eigenvalue weighted by Gasteiger charge is 2.25. The van der Waals surface area contributed by atoms with Gasteiger partial charge in [0.25, 0.3) is 0 Å². The SMILES string of the molecule is CNC(=O)OC(C)(C)C.c1cc(Nc2cc(C3CC3)[nH]n2)nc(N2CCCCC2)n1. The molecule has 0 unspecified atom stereocenters. The van der Waals surface area contributed by atoms with Crippen molar-refractivity contribution in [2.24, 2.45) is 0 Å². The summed E-state index contributed by atoms with van der Waals surface area (Å²) < 4.78 is 4.84. The number of amides is 1. The van der Waals surface area contributed by atoms with Gasteiger partial charge in [0.05, 0.1) is 0 Å². The van der Waals surface area contributed by atoms with Crippen LogP contribution < -0.4 is 15.5 Å². The number of nitrogens with zero attached hydrogens (tertiary/aromatic N) is 4. The first-order valence-electron chi connectivity index (χ1n) is 10.6. The second-order valence-electron chi connectivity index (χ2n) is 8.65. The molecular weight excluding hydrogens is 382 g/mol. The number of carbonyl (C=O) groups excluding carboxylic acids is 1. The molecule has 0 bridgehead atoms. The van der Waals surface area contributed by atoms with E-state index in [0.29, 0.717) is 5.92 Å². The number of aromatic nitrogens is 4. The molecule has 1 saturated heterocycles. The monoisotopic (exact) mass is 415 g/mol. The Labute approximate surface area is 178 Å². The molecule has 3 heterocycles. The van der Waals surface area contributed by atoms with Crippen LogP contribution >= 0.6 is 0 Å². The first kappa shape index (κ1) is 21.9. The highest BCUT2D eigenvalue weighted by Crippen LogP contribution is 2.39. The topological polar surface area (TPSA) is 108 Å². The zero-order valence-corrected chi connectivity index (χ0v) is 18.4. The minimum absolute atomic E-state index is 0.387. The van der Waals surface area contributed by atoms with Crippen molar-refractivity contribution < 1.29 is 9.53 Å². The van der Waals surface area contributed by atoms with E-state index in [1.54, 1.807) is 0 Å². The number of hydrogen-bond donors (Lipinski definition) is 3. The summed E-state index contributed by atoms with van der Waals surface area (Å²) in [4.78, 5) is 21.8. The highest BCUT2D eigenvalue weighted by molar-refractivity contribution is 5.67. The Morgan fingerprint density at radius 1 is 1.20 bits per heavy atom. The smallest absolute Gasteiger partial charge is 0.407 e. The van der Waals surface area contributed by atoms with Gasteiger partial charge < -0.3 is 20.3 Å². The molecule has 1 amide bonds. The Kier molecular flexibility index (Phi) is 7.12. The van der Waals surface area contributed by atoms with Crippen LogP contribution in [0.2, 0.25) is 0 Å². The number of H-pyrrole nitrogens is 1. The summed E-state index contributed by atoms with van der Waals surface area (Å²) in [6, 6.07) is 3.97. The van der Waals surface area contributed by atoms with Crippen molar-refractivity contribution in [1.29, 1.82) is 0 Å². The number of alkyl carbamates (subject to hydrolysis) is 1. The third-order valence-electron chi connectivity index (χ3n) is 4.76. The van der Waals surface area contributed by atoms with Crippen molar-refractivity contribution in [2.45, 2.75) is 64.4 Å². The largest absolute Gasteiger partial charge is 0.444 e. The van der Waals surface area contributed by atoms with Crippen molar-refractivity contribution in [3.05, 3.63) is 24.0 Å².